The van der Waals surface area contributed by atoms with Crippen molar-refractivity contribution >= 4 is 17.9 Å². The van der Waals surface area contributed by atoms with Crippen molar-refractivity contribution in [3.05, 3.63) is 35.4 Å². The van der Waals surface area contributed by atoms with E-state index >= 15 is 0 Å². The lowest BCUT2D eigenvalue weighted by Gasteiger charge is -2.30. The molecular formula is C18H20FN5O8. The van der Waals surface area contributed by atoms with Gasteiger partial charge in [0.25, 0.3) is 0 Å². The highest BCUT2D eigenvalue weighted by Crippen LogP contribution is 2.41. The molecule has 1 aliphatic rings. The third-order valence-electron chi connectivity index (χ3n) is 4.54. The quantitative estimate of drug-likeness (QED) is 0.393. The van der Waals surface area contributed by atoms with E-state index in [0.717, 1.165) is 25.3 Å². The first kappa shape index (κ1) is 23.0. The molecule has 0 amide bonds. The molecule has 32 heavy (non-hydrogen) atoms. The smallest absolute Gasteiger partial charge is 0.351 e. The number of rotatable bonds is 7. The second kappa shape index (κ2) is 9.21. The van der Waals surface area contributed by atoms with Crippen molar-refractivity contribution in [3.63, 3.8) is 0 Å². The first-order valence-corrected chi connectivity index (χ1v) is 9.32. The fourth-order valence-corrected chi connectivity index (χ4v) is 3.24. The van der Waals surface area contributed by atoms with Gasteiger partial charge in [0.15, 0.2) is 29.9 Å². The third kappa shape index (κ3) is 4.64. The second-order valence-corrected chi connectivity index (χ2v) is 6.91. The van der Waals surface area contributed by atoms with Gasteiger partial charge < -0.3 is 18.9 Å². The summed E-state index contributed by atoms with van der Waals surface area (Å²) in [6.45, 7) is 1.29. The topological polar surface area (TPSA) is 154 Å². The molecule has 0 aromatic carbocycles. The van der Waals surface area contributed by atoms with Gasteiger partial charge in [0.1, 0.15) is 25.9 Å². The summed E-state index contributed by atoms with van der Waals surface area (Å²) >= 11 is 0. The first-order valence-electron chi connectivity index (χ1n) is 9.32. The molecule has 2 aromatic heterocycles. The number of esters is 3. The minimum Gasteiger partial charge on any atom is -0.463 e. The van der Waals surface area contributed by atoms with Crippen LogP contribution < -0.4 is 5.69 Å². The summed E-state index contributed by atoms with van der Waals surface area (Å²) < 4.78 is 37.6. The highest BCUT2D eigenvalue weighted by atomic mass is 19.1. The minimum atomic E-state index is -2.04. The van der Waals surface area contributed by atoms with Crippen molar-refractivity contribution in [2.75, 3.05) is 13.3 Å². The normalized spacial score (nSPS) is 24.7. The molecule has 0 N–H and O–H groups in total. The number of alkyl halides is 1. The molecular weight excluding hydrogens is 433 g/mol. The summed E-state index contributed by atoms with van der Waals surface area (Å²) in [6, 6.07) is 1.40. The van der Waals surface area contributed by atoms with Gasteiger partial charge in [-0.25, -0.2) is 18.9 Å². The van der Waals surface area contributed by atoms with Crippen LogP contribution in [0.5, 0.6) is 0 Å². The molecule has 14 heteroatoms. The van der Waals surface area contributed by atoms with E-state index in [1.54, 1.807) is 0 Å². The van der Waals surface area contributed by atoms with E-state index in [-0.39, 0.29) is 5.82 Å². The molecule has 0 aliphatic carbocycles. The molecule has 2 aromatic rings. The lowest BCUT2D eigenvalue weighted by molar-refractivity contribution is -0.181. The Morgan fingerprint density at radius 1 is 1.19 bits per heavy atom. The Morgan fingerprint density at radius 2 is 1.91 bits per heavy atom. The van der Waals surface area contributed by atoms with Gasteiger partial charge in [-0.3, -0.25) is 19.0 Å². The number of hydrogen-bond acceptors (Lipinski definition) is 11. The van der Waals surface area contributed by atoms with Crippen LogP contribution in [0.25, 0.3) is 5.82 Å². The Morgan fingerprint density at radius 3 is 2.44 bits per heavy atom. The number of carbonyl (C=O) groups is 3. The van der Waals surface area contributed by atoms with Gasteiger partial charge in [0, 0.05) is 27.0 Å². The van der Waals surface area contributed by atoms with Crippen LogP contribution in [0.4, 0.5) is 4.39 Å². The molecule has 0 radical (unpaired) electrons. The molecule has 0 unspecified atom stereocenters. The minimum absolute atomic E-state index is 0.138. The average Bonchev–Trinajstić information content (AvgIpc) is 3.35. The number of carbonyl (C=O) groups excluding carboxylic acids is 3. The predicted molar refractivity (Wildman–Crippen MR) is 100.0 cm³/mol. The fourth-order valence-electron chi connectivity index (χ4n) is 3.24. The van der Waals surface area contributed by atoms with E-state index in [1.165, 1.54) is 29.6 Å². The Bertz CT molecular complexity index is 1060. The molecule has 172 valence electrons. The average molecular weight is 453 g/mol. The van der Waals surface area contributed by atoms with Gasteiger partial charge in [-0.2, -0.15) is 10.1 Å². The van der Waals surface area contributed by atoms with Crippen LogP contribution in [-0.4, -0.2) is 73.3 Å². The Kier molecular flexibility index (Phi) is 6.62. The fraction of sp³-hybridized carbons (Fsp3) is 0.500. The number of halogens is 1. The largest absolute Gasteiger partial charge is 0.463 e. The molecule has 1 saturated heterocycles. The van der Waals surface area contributed by atoms with Crippen molar-refractivity contribution in [2.24, 2.45) is 0 Å². The van der Waals surface area contributed by atoms with Crippen molar-refractivity contribution in [3.8, 4) is 5.82 Å². The molecule has 0 spiro atoms. The number of nitrogens with zero attached hydrogens (tertiary/aromatic N) is 5. The van der Waals surface area contributed by atoms with Gasteiger partial charge >= 0.3 is 23.6 Å². The van der Waals surface area contributed by atoms with Crippen molar-refractivity contribution in [1.29, 1.82) is 0 Å². The summed E-state index contributed by atoms with van der Waals surface area (Å²) in [5, 5.41) is 3.87. The number of aromatic nitrogens is 5. The second-order valence-electron chi connectivity index (χ2n) is 6.91. The van der Waals surface area contributed by atoms with Crippen LogP contribution in [0.15, 0.2) is 29.7 Å². The first-order chi connectivity index (χ1) is 15.2. The molecule has 1 fully saturated rings. The van der Waals surface area contributed by atoms with Crippen molar-refractivity contribution in [1.82, 2.24) is 24.3 Å². The summed E-state index contributed by atoms with van der Waals surface area (Å²) in [5.41, 5.74) is -2.89. The molecule has 3 rings (SSSR count). The Labute approximate surface area is 180 Å². The Hall–Kier alpha value is -3.68. The van der Waals surface area contributed by atoms with Gasteiger partial charge in [-0.1, -0.05) is 0 Å². The summed E-state index contributed by atoms with van der Waals surface area (Å²) in [6.07, 6.45) is -0.584. The van der Waals surface area contributed by atoms with Crippen LogP contribution in [0.2, 0.25) is 0 Å². The highest BCUT2D eigenvalue weighted by Gasteiger charge is 2.61. The Balaban J connectivity index is 2.06. The molecule has 13 nitrogen and oxygen atoms in total. The third-order valence-corrected chi connectivity index (χ3v) is 4.54. The van der Waals surface area contributed by atoms with Crippen LogP contribution in [0.1, 0.15) is 27.0 Å². The molecule has 4 atom stereocenters. The maximum Gasteiger partial charge on any atom is 0.351 e. The molecule has 0 saturated carbocycles. The van der Waals surface area contributed by atoms with Crippen molar-refractivity contribution < 1.29 is 37.7 Å². The molecule has 1 aliphatic heterocycles. The van der Waals surface area contributed by atoms with E-state index in [2.05, 4.69) is 15.1 Å². The van der Waals surface area contributed by atoms with Gasteiger partial charge in [0.05, 0.1) is 0 Å². The van der Waals surface area contributed by atoms with Crippen LogP contribution >= 0.6 is 0 Å². The lowest BCUT2D eigenvalue weighted by Crippen LogP contribution is -2.52. The number of hydrogen-bond donors (Lipinski definition) is 0. The maximum atomic E-state index is 14.3. The van der Waals surface area contributed by atoms with E-state index in [1.807, 2.05) is 0 Å². The van der Waals surface area contributed by atoms with Gasteiger partial charge in [-0.15, -0.1) is 0 Å². The van der Waals surface area contributed by atoms with Gasteiger partial charge in [-0.05, 0) is 6.07 Å². The zero-order chi connectivity index (χ0) is 23.5. The van der Waals surface area contributed by atoms with E-state index < -0.39 is 60.9 Å². The standard InChI is InChI=1S/C18H20FN5O8/c1-10(25)29-7-18(6-19)15(31-12(3)27)14(30-11(2)26)16(32-18)23-5-4-13(22-17(23)28)24-9-20-8-21-24/h4-5,8-9,14-16H,6-7H2,1-3H3/t14-,15+,16-,18-/m1/s1. The molecule has 3 heterocycles. The van der Waals surface area contributed by atoms with Crippen LogP contribution in [-0.2, 0) is 33.3 Å². The van der Waals surface area contributed by atoms with E-state index in [4.69, 9.17) is 18.9 Å². The van der Waals surface area contributed by atoms with Gasteiger partial charge in [0.2, 0.25) is 0 Å². The maximum absolute atomic E-state index is 14.3. The predicted octanol–water partition coefficient (Wildman–Crippen LogP) is -0.512. The number of ether oxygens (including phenoxy) is 4. The molecule has 0 bridgehead atoms. The summed E-state index contributed by atoms with van der Waals surface area (Å²) in [7, 11) is 0. The SMILES string of the molecule is CC(=O)OC[C@@]1(CF)O[C@@H](n2ccc(-n3cncn3)nc2=O)[C@H](OC(C)=O)[C@@H]1OC(C)=O. The van der Waals surface area contributed by atoms with E-state index in [0.29, 0.717) is 0 Å². The summed E-state index contributed by atoms with van der Waals surface area (Å²) in [5.74, 6) is -2.24. The zero-order valence-corrected chi connectivity index (χ0v) is 17.3. The van der Waals surface area contributed by atoms with Crippen LogP contribution in [0.3, 0.4) is 0 Å². The zero-order valence-electron chi connectivity index (χ0n) is 17.3. The lowest BCUT2D eigenvalue weighted by atomic mass is 9.97. The summed E-state index contributed by atoms with van der Waals surface area (Å²) in [4.78, 5) is 55.2. The highest BCUT2D eigenvalue weighted by molar-refractivity contribution is 5.68. The monoisotopic (exact) mass is 453 g/mol. The van der Waals surface area contributed by atoms with Crippen LogP contribution in [0, 0.1) is 0 Å². The van der Waals surface area contributed by atoms with E-state index in [9.17, 15) is 23.6 Å². The van der Waals surface area contributed by atoms with Crippen molar-refractivity contribution in [2.45, 2.75) is 44.8 Å².